The van der Waals surface area contributed by atoms with Gasteiger partial charge in [0.15, 0.2) is 0 Å². The molecule has 1 aromatic carbocycles. The van der Waals surface area contributed by atoms with E-state index in [0.29, 0.717) is 11.6 Å². The first-order valence-corrected chi connectivity index (χ1v) is 3.74. The number of alkyl halides is 3. The van der Waals surface area contributed by atoms with E-state index in [-0.39, 0.29) is 0 Å². The zero-order chi connectivity index (χ0) is 10.8. The maximum Gasteiger partial charge on any atom is 0.419 e. The fourth-order valence-corrected chi connectivity index (χ4v) is 0.991. The second-order valence-electron chi connectivity index (χ2n) is 2.62. The van der Waals surface area contributed by atoms with Crippen LogP contribution in [0.15, 0.2) is 23.2 Å². The summed E-state index contributed by atoms with van der Waals surface area (Å²) in [5, 5.41) is 0. The molecule has 1 aromatic rings. The second kappa shape index (κ2) is 3.77. The molecule has 0 N–H and O–H groups in total. The molecule has 0 atom stereocenters. The molecule has 0 amide bonds. The standard InChI is InChI=1S/C9H7F4N/c1-14-5-6-2-3-7(8(10)4-6)9(11,12)13/h2-5H,1H3. The molecule has 5 heteroatoms. The van der Waals surface area contributed by atoms with Gasteiger partial charge < -0.3 is 0 Å². The number of halogens is 4. The number of nitrogens with zero attached hydrogens (tertiary/aromatic N) is 1. The van der Waals surface area contributed by atoms with Gasteiger partial charge in [0.2, 0.25) is 0 Å². The van der Waals surface area contributed by atoms with E-state index in [2.05, 4.69) is 4.99 Å². The van der Waals surface area contributed by atoms with Gasteiger partial charge >= 0.3 is 6.18 Å². The molecule has 14 heavy (non-hydrogen) atoms. The molecule has 76 valence electrons. The lowest BCUT2D eigenvalue weighted by Gasteiger charge is -2.07. The summed E-state index contributed by atoms with van der Waals surface area (Å²) in [5.41, 5.74) is -0.955. The van der Waals surface area contributed by atoms with Crippen molar-refractivity contribution >= 4 is 6.21 Å². The van der Waals surface area contributed by atoms with E-state index in [1.54, 1.807) is 0 Å². The molecule has 0 saturated carbocycles. The van der Waals surface area contributed by atoms with Crippen molar-refractivity contribution in [2.24, 2.45) is 4.99 Å². The van der Waals surface area contributed by atoms with Crippen LogP contribution in [0.4, 0.5) is 17.6 Å². The lowest BCUT2D eigenvalue weighted by Crippen LogP contribution is -2.08. The fraction of sp³-hybridized carbons (Fsp3) is 0.222. The molecule has 0 aromatic heterocycles. The molecule has 0 heterocycles. The summed E-state index contributed by atoms with van der Waals surface area (Å²) in [5.74, 6) is -1.28. The molecule has 0 radical (unpaired) electrons. The first-order chi connectivity index (χ1) is 6.45. The third kappa shape index (κ3) is 2.31. The van der Waals surface area contributed by atoms with Crippen molar-refractivity contribution in [3.8, 4) is 0 Å². The van der Waals surface area contributed by atoms with Crippen molar-refractivity contribution in [2.45, 2.75) is 6.18 Å². The van der Waals surface area contributed by atoms with Gasteiger partial charge in [-0.05, 0) is 17.7 Å². The van der Waals surface area contributed by atoms with Crippen LogP contribution in [0.2, 0.25) is 0 Å². The van der Waals surface area contributed by atoms with Crippen molar-refractivity contribution in [3.05, 3.63) is 35.1 Å². The summed E-state index contributed by atoms with van der Waals surface area (Å²) >= 11 is 0. The molecule has 0 aliphatic rings. The number of hydrogen-bond acceptors (Lipinski definition) is 1. The molecule has 0 spiro atoms. The molecule has 0 aliphatic heterocycles. The largest absolute Gasteiger partial charge is 0.419 e. The fourth-order valence-electron chi connectivity index (χ4n) is 0.991. The molecule has 1 rings (SSSR count). The first kappa shape index (κ1) is 10.7. The van der Waals surface area contributed by atoms with Crippen molar-refractivity contribution in [1.29, 1.82) is 0 Å². The van der Waals surface area contributed by atoms with Crippen LogP contribution in [-0.4, -0.2) is 13.3 Å². The SMILES string of the molecule is CN=Cc1ccc(C(F)(F)F)c(F)c1. The second-order valence-corrected chi connectivity index (χ2v) is 2.62. The molecule has 1 nitrogen and oxygen atoms in total. The Hall–Kier alpha value is -1.39. The third-order valence-electron chi connectivity index (χ3n) is 1.58. The maximum absolute atomic E-state index is 12.9. The van der Waals surface area contributed by atoms with E-state index in [4.69, 9.17) is 0 Å². The molecule has 0 unspecified atom stereocenters. The summed E-state index contributed by atoms with van der Waals surface area (Å²) in [6.45, 7) is 0. The maximum atomic E-state index is 12.9. The predicted molar refractivity (Wildman–Crippen MR) is 44.9 cm³/mol. The average Bonchev–Trinajstić information content (AvgIpc) is 2.02. The van der Waals surface area contributed by atoms with E-state index in [9.17, 15) is 17.6 Å². The van der Waals surface area contributed by atoms with Gasteiger partial charge in [0.1, 0.15) is 5.82 Å². The van der Waals surface area contributed by atoms with E-state index in [1.165, 1.54) is 19.3 Å². The van der Waals surface area contributed by atoms with Crippen LogP contribution in [0.3, 0.4) is 0 Å². The van der Waals surface area contributed by atoms with E-state index in [0.717, 1.165) is 6.07 Å². The van der Waals surface area contributed by atoms with Crippen molar-refractivity contribution in [1.82, 2.24) is 0 Å². The Morgan fingerprint density at radius 1 is 1.29 bits per heavy atom. The highest BCUT2D eigenvalue weighted by Gasteiger charge is 2.33. The monoisotopic (exact) mass is 205 g/mol. The third-order valence-corrected chi connectivity index (χ3v) is 1.58. The lowest BCUT2D eigenvalue weighted by molar-refractivity contribution is -0.140. The molecule has 0 fully saturated rings. The van der Waals surface area contributed by atoms with E-state index >= 15 is 0 Å². The van der Waals surface area contributed by atoms with Gasteiger partial charge in [0.25, 0.3) is 0 Å². The lowest BCUT2D eigenvalue weighted by atomic mass is 10.1. The smallest absolute Gasteiger partial charge is 0.296 e. The van der Waals surface area contributed by atoms with Crippen molar-refractivity contribution < 1.29 is 17.6 Å². The molecular weight excluding hydrogens is 198 g/mol. The Morgan fingerprint density at radius 3 is 2.36 bits per heavy atom. The van der Waals surface area contributed by atoms with Gasteiger partial charge in [-0.25, -0.2) is 4.39 Å². The summed E-state index contributed by atoms with van der Waals surface area (Å²) < 4.78 is 49.2. The van der Waals surface area contributed by atoms with Crippen molar-refractivity contribution in [3.63, 3.8) is 0 Å². The highest BCUT2D eigenvalue weighted by atomic mass is 19.4. The highest BCUT2D eigenvalue weighted by molar-refractivity contribution is 5.79. The zero-order valence-corrected chi connectivity index (χ0v) is 7.27. The Balaban J connectivity index is 3.14. The van der Waals surface area contributed by atoms with Crippen LogP contribution in [0.25, 0.3) is 0 Å². The van der Waals surface area contributed by atoms with Crippen LogP contribution >= 0.6 is 0 Å². The Kier molecular flexibility index (Phi) is 2.88. The summed E-state index contributed by atoms with van der Waals surface area (Å²) in [6.07, 6.45) is -3.37. The van der Waals surface area contributed by atoms with E-state index < -0.39 is 17.6 Å². The number of benzene rings is 1. The number of rotatable bonds is 1. The summed E-state index contributed by atoms with van der Waals surface area (Å²) in [6, 6.07) is 2.67. The van der Waals surface area contributed by atoms with Gasteiger partial charge in [-0.15, -0.1) is 0 Å². The predicted octanol–water partition coefficient (Wildman–Crippen LogP) is 2.89. The molecule has 0 aliphatic carbocycles. The van der Waals surface area contributed by atoms with E-state index in [1.807, 2.05) is 0 Å². The van der Waals surface area contributed by atoms with Crippen LogP contribution in [0.1, 0.15) is 11.1 Å². The van der Waals surface area contributed by atoms with Gasteiger partial charge in [-0.3, -0.25) is 4.99 Å². The van der Waals surface area contributed by atoms with Crippen LogP contribution in [-0.2, 0) is 6.18 Å². The minimum Gasteiger partial charge on any atom is -0.296 e. The Morgan fingerprint density at radius 2 is 1.93 bits per heavy atom. The first-order valence-electron chi connectivity index (χ1n) is 3.74. The summed E-state index contributed by atoms with van der Waals surface area (Å²) in [7, 11) is 1.45. The van der Waals surface area contributed by atoms with Crippen LogP contribution in [0.5, 0.6) is 0 Å². The zero-order valence-electron chi connectivity index (χ0n) is 7.27. The Bertz CT molecular complexity index is 354. The van der Waals surface area contributed by atoms with Gasteiger partial charge in [-0.1, -0.05) is 6.07 Å². The summed E-state index contributed by atoms with van der Waals surface area (Å²) in [4.78, 5) is 3.57. The molecule has 0 bridgehead atoms. The van der Waals surface area contributed by atoms with Crippen LogP contribution < -0.4 is 0 Å². The van der Waals surface area contributed by atoms with Gasteiger partial charge in [0, 0.05) is 13.3 Å². The highest BCUT2D eigenvalue weighted by Crippen LogP contribution is 2.31. The Labute approximate surface area is 78.1 Å². The van der Waals surface area contributed by atoms with Crippen LogP contribution in [0, 0.1) is 5.82 Å². The number of aliphatic imine (C=N–C) groups is 1. The molecule has 0 saturated heterocycles. The van der Waals surface area contributed by atoms with Gasteiger partial charge in [-0.2, -0.15) is 13.2 Å². The normalized spacial score (nSPS) is 12.4. The minimum atomic E-state index is -4.65. The average molecular weight is 205 g/mol. The quantitative estimate of drug-likeness (QED) is 0.493. The topological polar surface area (TPSA) is 12.4 Å². The number of hydrogen-bond donors (Lipinski definition) is 0. The molecular formula is C9H7F4N. The minimum absolute atomic E-state index is 0.304. The van der Waals surface area contributed by atoms with Gasteiger partial charge in [0.05, 0.1) is 5.56 Å². The van der Waals surface area contributed by atoms with Crippen molar-refractivity contribution in [2.75, 3.05) is 7.05 Å².